The molecule has 0 bridgehead atoms. The predicted molar refractivity (Wildman–Crippen MR) is 78.0 cm³/mol. The Labute approximate surface area is 124 Å². The van der Waals surface area contributed by atoms with Crippen molar-refractivity contribution in [2.75, 3.05) is 20.8 Å². The molecule has 1 amide bonds. The van der Waals surface area contributed by atoms with Crippen molar-refractivity contribution in [3.8, 4) is 11.5 Å². The fourth-order valence-corrected chi connectivity index (χ4v) is 1.84. The van der Waals surface area contributed by atoms with Crippen LogP contribution in [0.2, 0.25) is 0 Å². The van der Waals surface area contributed by atoms with Crippen LogP contribution >= 0.6 is 0 Å². The van der Waals surface area contributed by atoms with Gasteiger partial charge in [0.05, 0.1) is 20.1 Å². The molecule has 0 aliphatic heterocycles. The van der Waals surface area contributed by atoms with Gasteiger partial charge in [-0.25, -0.2) is 0 Å². The minimum atomic E-state index is -0.872. The first-order chi connectivity index (χ1) is 9.90. The molecule has 6 heteroatoms. The summed E-state index contributed by atoms with van der Waals surface area (Å²) >= 11 is 0. The predicted octanol–water partition coefficient (Wildman–Crippen LogP) is 1.85. The number of hydrogen-bond donors (Lipinski definition) is 2. The Morgan fingerprint density at radius 3 is 2.19 bits per heavy atom. The number of ether oxygens (including phenoxy) is 2. The minimum absolute atomic E-state index is 0.288. The van der Waals surface area contributed by atoms with Crippen molar-refractivity contribution >= 4 is 11.9 Å². The Morgan fingerprint density at radius 1 is 1.24 bits per heavy atom. The van der Waals surface area contributed by atoms with Crippen LogP contribution in [-0.2, 0) is 4.79 Å². The lowest BCUT2D eigenvalue weighted by Gasteiger charge is -2.13. The number of hydrogen-bond acceptors (Lipinski definition) is 4. The molecule has 1 aromatic rings. The molecule has 1 aromatic carbocycles. The van der Waals surface area contributed by atoms with Crippen molar-refractivity contribution in [3.05, 3.63) is 23.3 Å². The van der Waals surface area contributed by atoms with Gasteiger partial charge in [-0.1, -0.05) is 6.92 Å². The van der Waals surface area contributed by atoms with E-state index in [0.29, 0.717) is 30.0 Å². The maximum absolute atomic E-state index is 12.1. The topological polar surface area (TPSA) is 84.9 Å². The molecule has 1 atom stereocenters. The zero-order valence-electron chi connectivity index (χ0n) is 12.7. The van der Waals surface area contributed by atoms with E-state index in [9.17, 15) is 9.59 Å². The molecule has 1 unspecified atom stereocenters. The second kappa shape index (κ2) is 7.52. The highest BCUT2D eigenvalue weighted by atomic mass is 16.5. The van der Waals surface area contributed by atoms with Crippen molar-refractivity contribution < 1.29 is 24.2 Å². The Bertz CT molecular complexity index is 502. The first-order valence-electron chi connectivity index (χ1n) is 6.64. The summed E-state index contributed by atoms with van der Waals surface area (Å²) in [5.41, 5.74) is 1.23. The molecule has 0 aliphatic rings. The van der Waals surface area contributed by atoms with Crippen molar-refractivity contribution in [3.63, 3.8) is 0 Å². The largest absolute Gasteiger partial charge is 0.496 e. The minimum Gasteiger partial charge on any atom is -0.496 e. The number of aliphatic carboxylic acids is 1. The van der Waals surface area contributed by atoms with Gasteiger partial charge in [0.1, 0.15) is 11.5 Å². The Morgan fingerprint density at radius 2 is 1.76 bits per heavy atom. The van der Waals surface area contributed by atoms with E-state index < -0.39 is 11.9 Å². The summed E-state index contributed by atoms with van der Waals surface area (Å²) in [5, 5.41) is 11.5. The number of carboxylic acids is 1. The van der Waals surface area contributed by atoms with E-state index in [1.807, 2.05) is 6.92 Å². The van der Waals surface area contributed by atoms with E-state index in [1.54, 1.807) is 19.1 Å². The van der Waals surface area contributed by atoms with Crippen molar-refractivity contribution in [1.29, 1.82) is 0 Å². The van der Waals surface area contributed by atoms with Crippen LogP contribution in [0.4, 0.5) is 0 Å². The Hall–Kier alpha value is -2.24. The van der Waals surface area contributed by atoms with Crippen LogP contribution in [0.15, 0.2) is 12.1 Å². The highest BCUT2D eigenvalue weighted by Gasteiger charge is 2.15. The van der Waals surface area contributed by atoms with Crippen molar-refractivity contribution in [1.82, 2.24) is 5.32 Å². The summed E-state index contributed by atoms with van der Waals surface area (Å²) in [6.07, 6.45) is 0.376. The van der Waals surface area contributed by atoms with Crippen LogP contribution < -0.4 is 14.8 Å². The fourth-order valence-electron chi connectivity index (χ4n) is 1.84. The fraction of sp³-hybridized carbons (Fsp3) is 0.467. The van der Waals surface area contributed by atoms with E-state index in [0.717, 1.165) is 5.56 Å². The van der Waals surface area contributed by atoms with Crippen LogP contribution in [0.25, 0.3) is 0 Å². The zero-order valence-corrected chi connectivity index (χ0v) is 12.7. The summed E-state index contributed by atoms with van der Waals surface area (Å²) in [6.45, 7) is 3.74. The summed E-state index contributed by atoms with van der Waals surface area (Å²) in [7, 11) is 3.05. The maximum Gasteiger partial charge on any atom is 0.306 e. The van der Waals surface area contributed by atoms with E-state index in [-0.39, 0.29) is 5.91 Å². The number of methoxy groups -OCH3 is 2. The molecule has 0 aromatic heterocycles. The summed E-state index contributed by atoms with van der Waals surface area (Å²) in [5.74, 6) is -0.517. The van der Waals surface area contributed by atoms with E-state index in [2.05, 4.69) is 5.32 Å². The lowest BCUT2D eigenvalue weighted by atomic mass is 10.1. The average Bonchev–Trinajstić information content (AvgIpc) is 2.46. The number of carbonyl (C=O) groups is 2. The molecule has 116 valence electrons. The van der Waals surface area contributed by atoms with Crippen LogP contribution in [0.3, 0.4) is 0 Å². The molecule has 0 fully saturated rings. The second-order valence-corrected chi connectivity index (χ2v) is 4.79. The van der Waals surface area contributed by atoms with Gasteiger partial charge in [0.25, 0.3) is 5.91 Å². The summed E-state index contributed by atoms with van der Waals surface area (Å²) in [6, 6.07) is 3.27. The Balaban J connectivity index is 2.76. The highest BCUT2D eigenvalue weighted by Crippen LogP contribution is 2.29. The Kier molecular flexibility index (Phi) is 6.02. The lowest BCUT2D eigenvalue weighted by molar-refractivity contribution is -0.141. The molecule has 1 rings (SSSR count). The van der Waals surface area contributed by atoms with E-state index in [4.69, 9.17) is 14.6 Å². The first-order valence-corrected chi connectivity index (χ1v) is 6.64. The standard InChI is InChI=1S/C15H21NO5/c1-9(15(18)19)5-6-16-14(17)11-7-12(20-3)10(2)13(8-11)21-4/h7-9H,5-6H2,1-4H3,(H,16,17)(H,18,19). The van der Waals surface area contributed by atoms with Crippen LogP contribution in [-0.4, -0.2) is 37.7 Å². The van der Waals surface area contributed by atoms with Gasteiger partial charge in [-0.05, 0) is 25.5 Å². The molecule has 21 heavy (non-hydrogen) atoms. The first kappa shape index (κ1) is 16.8. The number of rotatable bonds is 7. The molecule has 6 nitrogen and oxygen atoms in total. The molecular weight excluding hydrogens is 274 g/mol. The van der Waals surface area contributed by atoms with Gasteiger partial charge in [0.2, 0.25) is 0 Å². The average molecular weight is 295 g/mol. The van der Waals surface area contributed by atoms with Crippen molar-refractivity contribution in [2.45, 2.75) is 20.3 Å². The van der Waals surface area contributed by atoms with E-state index >= 15 is 0 Å². The number of benzene rings is 1. The highest BCUT2D eigenvalue weighted by molar-refractivity contribution is 5.95. The smallest absolute Gasteiger partial charge is 0.306 e. The molecule has 0 radical (unpaired) electrons. The van der Waals surface area contributed by atoms with Gasteiger partial charge < -0.3 is 19.9 Å². The van der Waals surface area contributed by atoms with Crippen LogP contribution in [0.5, 0.6) is 11.5 Å². The van der Waals surface area contributed by atoms with Crippen LogP contribution in [0, 0.1) is 12.8 Å². The van der Waals surface area contributed by atoms with Gasteiger partial charge in [0.15, 0.2) is 0 Å². The quantitative estimate of drug-likeness (QED) is 0.802. The summed E-state index contributed by atoms with van der Waals surface area (Å²) in [4.78, 5) is 22.8. The molecule has 2 N–H and O–H groups in total. The van der Waals surface area contributed by atoms with Gasteiger partial charge in [-0.15, -0.1) is 0 Å². The number of carboxylic acid groups (broad SMARTS) is 1. The normalized spacial score (nSPS) is 11.6. The molecule has 0 aliphatic carbocycles. The monoisotopic (exact) mass is 295 g/mol. The van der Waals surface area contributed by atoms with Crippen LogP contribution in [0.1, 0.15) is 29.3 Å². The zero-order chi connectivity index (χ0) is 16.0. The van der Waals surface area contributed by atoms with E-state index in [1.165, 1.54) is 14.2 Å². The number of amides is 1. The van der Waals surface area contributed by atoms with Gasteiger partial charge in [-0.3, -0.25) is 9.59 Å². The lowest BCUT2D eigenvalue weighted by Crippen LogP contribution is -2.27. The number of carbonyl (C=O) groups excluding carboxylic acids is 1. The van der Waals surface area contributed by atoms with Crippen molar-refractivity contribution in [2.24, 2.45) is 5.92 Å². The molecule has 0 spiro atoms. The van der Waals surface area contributed by atoms with Gasteiger partial charge in [0, 0.05) is 17.7 Å². The van der Waals surface area contributed by atoms with Gasteiger partial charge in [-0.2, -0.15) is 0 Å². The molecule has 0 saturated carbocycles. The maximum atomic E-state index is 12.1. The second-order valence-electron chi connectivity index (χ2n) is 4.79. The molecule has 0 heterocycles. The SMILES string of the molecule is COc1cc(C(=O)NCCC(C)C(=O)O)cc(OC)c1C. The summed E-state index contributed by atoms with van der Waals surface area (Å²) < 4.78 is 10.4. The third-order valence-electron chi connectivity index (χ3n) is 3.30. The molecular formula is C15H21NO5. The third-order valence-corrected chi connectivity index (χ3v) is 3.30. The number of nitrogens with one attached hydrogen (secondary N) is 1. The molecule has 0 saturated heterocycles. The van der Waals surface area contributed by atoms with Gasteiger partial charge >= 0.3 is 5.97 Å². The third kappa shape index (κ3) is 4.37.